The fourth-order valence-corrected chi connectivity index (χ4v) is 1.90. The molecule has 126 valence electrons. The van der Waals surface area contributed by atoms with E-state index in [4.69, 9.17) is 36.4 Å². The minimum Gasteiger partial charge on any atom is -0.383 e. The molecule has 0 fully saturated rings. The van der Waals surface area contributed by atoms with Crippen LogP contribution >= 0.6 is 7.82 Å². The largest absolute Gasteiger partial charge is 0.466 e. The number of anilines is 3. The van der Waals surface area contributed by atoms with E-state index in [0.29, 0.717) is 16.7 Å². The Bertz CT molecular complexity index is 903. The molecule has 0 aliphatic heterocycles. The summed E-state index contributed by atoms with van der Waals surface area (Å²) in [6.07, 6.45) is 0. The molecule has 2 aromatic heterocycles. The Balaban J connectivity index is 0.000000368. The predicted molar refractivity (Wildman–Crippen MR) is 88.1 cm³/mol. The minimum absolute atomic E-state index is 0.0575. The summed E-state index contributed by atoms with van der Waals surface area (Å²) in [5.74, 6) is 0.410. The monoisotopic (exact) mass is 351 g/mol. The fraction of sp³-hybridized carbons (Fsp3) is 0. The standard InChI is InChI=1S/C12H11N7.H3O4P/c13-9-7-8(6-4-2-1-3-5-6)16-11(14)18-10(7)19-12(15)17-9;1-5(2,3)4/h1-5H,(H6,13,14,15,16,17,18,19);(H3,1,2,3,4). The zero-order valence-corrected chi connectivity index (χ0v) is 13.0. The van der Waals surface area contributed by atoms with Crippen LogP contribution in [0.4, 0.5) is 17.7 Å². The highest BCUT2D eigenvalue weighted by molar-refractivity contribution is 7.45. The van der Waals surface area contributed by atoms with Crippen molar-refractivity contribution in [2.75, 3.05) is 17.2 Å². The highest BCUT2D eigenvalue weighted by atomic mass is 31.2. The Morgan fingerprint density at radius 3 is 1.88 bits per heavy atom. The number of nitrogens with two attached hydrogens (primary N) is 3. The summed E-state index contributed by atoms with van der Waals surface area (Å²) < 4.78 is 8.88. The van der Waals surface area contributed by atoms with Gasteiger partial charge >= 0.3 is 7.82 Å². The molecule has 0 saturated carbocycles. The molecule has 0 atom stereocenters. The highest BCUT2D eigenvalue weighted by Crippen LogP contribution is 2.29. The van der Waals surface area contributed by atoms with Crippen molar-refractivity contribution in [3.05, 3.63) is 30.3 Å². The molecule has 0 radical (unpaired) electrons. The third-order valence-electron chi connectivity index (χ3n) is 2.67. The molecule has 2 heterocycles. The Labute approximate surface area is 135 Å². The number of fused-ring (bicyclic) bond motifs is 1. The van der Waals surface area contributed by atoms with Crippen LogP contribution in [0.3, 0.4) is 0 Å². The van der Waals surface area contributed by atoms with E-state index in [2.05, 4.69) is 19.9 Å². The zero-order chi connectivity index (χ0) is 17.9. The molecule has 12 heteroatoms. The molecule has 1 aromatic carbocycles. The quantitative estimate of drug-likeness (QED) is 0.319. The molecule has 11 nitrogen and oxygen atoms in total. The highest BCUT2D eigenvalue weighted by Gasteiger charge is 2.14. The SMILES string of the molecule is Nc1nc(N)c2c(-c3ccccc3)nc(N)nc2n1.O=P(O)(O)O. The first-order valence-electron chi connectivity index (χ1n) is 6.35. The van der Waals surface area contributed by atoms with Crippen LogP contribution in [0.25, 0.3) is 22.3 Å². The Hall–Kier alpha value is -2.85. The maximum absolute atomic E-state index is 8.88. The fourth-order valence-electron chi connectivity index (χ4n) is 1.90. The molecule has 0 saturated heterocycles. The first-order chi connectivity index (χ1) is 11.1. The van der Waals surface area contributed by atoms with Crippen molar-refractivity contribution in [2.24, 2.45) is 0 Å². The molecule has 0 bridgehead atoms. The van der Waals surface area contributed by atoms with Crippen LogP contribution in [-0.4, -0.2) is 34.6 Å². The van der Waals surface area contributed by atoms with E-state index in [1.807, 2.05) is 30.3 Å². The van der Waals surface area contributed by atoms with Crippen molar-refractivity contribution < 1.29 is 19.2 Å². The zero-order valence-electron chi connectivity index (χ0n) is 12.1. The summed E-state index contributed by atoms with van der Waals surface area (Å²) in [5.41, 5.74) is 19.0. The van der Waals surface area contributed by atoms with E-state index >= 15 is 0 Å². The first-order valence-corrected chi connectivity index (χ1v) is 7.91. The second-order valence-corrected chi connectivity index (χ2v) is 5.50. The normalized spacial score (nSPS) is 11.0. The molecule has 24 heavy (non-hydrogen) atoms. The van der Waals surface area contributed by atoms with Gasteiger partial charge in [0.15, 0.2) is 5.65 Å². The molecule has 0 aliphatic rings. The second kappa shape index (κ2) is 6.72. The van der Waals surface area contributed by atoms with Gasteiger partial charge in [0.2, 0.25) is 11.9 Å². The number of nitrogen functional groups attached to an aromatic ring is 3. The topological polar surface area (TPSA) is 207 Å². The number of hydrogen-bond acceptors (Lipinski definition) is 8. The first kappa shape index (κ1) is 17.5. The second-order valence-electron chi connectivity index (χ2n) is 4.48. The van der Waals surface area contributed by atoms with Crippen molar-refractivity contribution >= 4 is 36.6 Å². The van der Waals surface area contributed by atoms with Gasteiger partial charge in [0.05, 0.1) is 11.1 Å². The average molecular weight is 351 g/mol. The van der Waals surface area contributed by atoms with Gasteiger partial charge in [-0.05, 0) is 0 Å². The van der Waals surface area contributed by atoms with Crippen LogP contribution in [0.2, 0.25) is 0 Å². The number of rotatable bonds is 1. The van der Waals surface area contributed by atoms with Crippen molar-refractivity contribution in [3.63, 3.8) is 0 Å². The summed E-state index contributed by atoms with van der Waals surface area (Å²) in [6.45, 7) is 0. The van der Waals surface area contributed by atoms with Gasteiger partial charge < -0.3 is 31.9 Å². The minimum atomic E-state index is -4.64. The van der Waals surface area contributed by atoms with E-state index in [9.17, 15) is 0 Å². The van der Waals surface area contributed by atoms with Crippen molar-refractivity contribution in [1.82, 2.24) is 19.9 Å². The van der Waals surface area contributed by atoms with E-state index in [1.165, 1.54) is 0 Å². The lowest BCUT2D eigenvalue weighted by Crippen LogP contribution is -2.06. The molecule has 0 aliphatic carbocycles. The molecule has 9 N–H and O–H groups in total. The van der Waals surface area contributed by atoms with Gasteiger partial charge in [-0.3, -0.25) is 0 Å². The van der Waals surface area contributed by atoms with Crippen LogP contribution < -0.4 is 17.2 Å². The Morgan fingerprint density at radius 1 is 0.833 bits per heavy atom. The maximum Gasteiger partial charge on any atom is 0.466 e. The lowest BCUT2D eigenvalue weighted by Gasteiger charge is -2.08. The van der Waals surface area contributed by atoms with Gasteiger partial charge in [-0.15, -0.1) is 0 Å². The third kappa shape index (κ3) is 4.57. The van der Waals surface area contributed by atoms with E-state index in [1.54, 1.807) is 0 Å². The summed E-state index contributed by atoms with van der Waals surface area (Å²) >= 11 is 0. The van der Waals surface area contributed by atoms with Gasteiger partial charge in [0.1, 0.15) is 5.82 Å². The smallest absolute Gasteiger partial charge is 0.383 e. The Kier molecular flexibility index (Phi) is 4.90. The summed E-state index contributed by atoms with van der Waals surface area (Å²) in [7, 11) is -4.64. The molecular formula is C12H14N7O4P. The molecule has 3 aromatic rings. The van der Waals surface area contributed by atoms with Gasteiger partial charge in [0.25, 0.3) is 0 Å². The van der Waals surface area contributed by atoms with Crippen molar-refractivity contribution in [3.8, 4) is 11.3 Å². The lowest BCUT2D eigenvalue weighted by molar-refractivity contribution is 0.275. The molecule has 0 amide bonds. The van der Waals surface area contributed by atoms with Crippen LogP contribution in [0, 0.1) is 0 Å². The van der Waals surface area contributed by atoms with E-state index < -0.39 is 7.82 Å². The number of hydrogen-bond donors (Lipinski definition) is 6. The lowest BCUT2D eigenvalue weighted by atomic mass is 10.1. The summed E-state index contributed by atoms with van der Waals surface area (Å²) in [6, 6.07) is 9.50. The van der Waals surface area contributed by atoms with Crippen molar-refractivity contribution in [1.29, 1.82) is 0 Å². The summed E-state index contributed by atoms with van der Waals surface area (Å²) in [5, 5.41) is 0.551. The third-order valence-corrected chi connectivity index (χ3v) is 2.67. The van der Waals surface area contributed by atoms with Gasteiger partial charge in [-0.1, -0.05) is 30.3 Å². The van der Waals surface area contributed by atoms with Crippen molar-refractivity contribution in [2.45, 2.75) is 0 Å². The van der Waals surface area contributed by atoms with Crippen LogP contribution in [-0.2, 0) is 4.57 Å². The van der Waals surface area contributed by atoms with E-state index in [-0.39, 0.29) is 17.7 Å². The molecular weight excluding hydrogens is 337 g/mol. The van der Waals surface area contributed by atoms with Crippen LogP contribution in [0.5, 0.6) is 0 Å². The van der Waals surface area contributed by atoms with Crippen LogP contribution in [0.15, 0.2) is 30.3 Å². The number of benzene rings is 1. The van der Waals surface area contributed by atoms with Crippen LogP contribution in [0.1, 0.15) is 0 Å². The van der Waals surface area contributed by atoms with Gasteiger partial charge in [-0.25, -0.2) is 9.55 Å². The molecule has 0 spiro atoms. The number of nitrogens with zero attached hydrogens (tertiary/aromatic N) is 4. The number of aromatic nitrogens is 4. The maximum atomic E-state index is 8.88. The van der Waals surface area contributed by atoms with Gasteiger partial charge in [-0.2, -0.15) is 15.0 Å². The summed E-state index contributed by atoms with van der Waals surface area (Å²) in [4.78, 5) is 37.8. The molecule has 0 unspecified atom stereocenters. The van der Waals surface area contributed by atoms with E-state index in [0.717, 1.165) is 5.56 Å². The average Bonchev–Trinajstić information content (AvgIpc) is 2.44. The number of phosphoric acid groups is 1. The molecule has 3 rings (SSSR count). The predicted octanol–water partition coefficient (Wildman–Crippen LogP) is -0.0952. The Morgan fingerprint density at radius 2 is 1.33 bits per heavy atom. The van der Waals surface area contributed by atoms with Gasteiger partial charge in [0, 0.05) is 5.56 Å².